The molecule has 4 nitrogen and oxygen atoms in total. The van der Waals surface area contributed by atoms with E-state index in [1.54, 1.807) is 6.07 Å². The third kappa shape index (κ3) is 2.73. The minimum Gasteiger partial charge on any atom is -0.478 e. The highest BCUT2D eigenvalue weighted by Crippen LogP contribution is 2.27. The number of aryl methyl sites for hydroxylation is 2. The van der Waals surface area contributed by atoms with Gasteiger partial charge in [-0.1, -0.05) is 17.7 Å². The Hall–Kier alpha value is -2.36. The van der Waals surface area contributed by atoms with Crippen LogP contribution < -0.4 is 4.90 Å². The average molecular weight is 256 g/mol. The van der Waals surface area contributed by atoms with E-state index in [2.05, 4.69) is 4.98 Å². The maximum absolute atomic E-state index is 11.3. The molecule has 1 aromatic heterocycles. The van der Waals surface area contributed by atoms with Crippen LogP contribution in [0.25, 0.3) is 0 Å². The molecule has 1 heterocycles. The predicted molar refractivity (Wildman–Crippen MR) is 75.2 cm³/mol. The Morgan fingerprint density at radius 1 is 1.21 bits per heavy atom. The van der Waals surface area contributed by atoms with Crippen LogP contribution in [0.4, 0.5) is 11.4 Å². The molecule has 0 amide bonds. The summed E-state index contributed by atoms with van der Waals surface area (Å²) in [7, 11) is 1.85. The first-order chi connectivity index (χ1) is 8.99. The van der Waals surface area contributed by atoms with Crippen LogP contribution in [0.2, 0.25) is 0 Å². The molecule has 19 heavy (non-hydrogen) atoms. The third-order valence-electron chi connectivity index (χ3n) is 3.03. The second kappa shape index (κ2) is 5.10. The number of carbonyl (C=O) groups is 1. The predicted octanol–water partition coefficient (Wildman–Crippen LogP) is 3.16. The van der Waals surface area contributed by atoms with Crippen molar-refractivity contribution in [1.29, 1.82) is 0 Å². The first kappa shape index (κ1) is 13.1. The molecule has 0 radical (unpaired) electrons. The van der Waals surface area contributed by atoms with E-state index in [4.69, 9.17) is 0 Å². The molecule has 4 heteroatoms. The fourth-order valence-corrected chi connectivity index (χ4v) is 1.90. The molecule has 0 aliphatic heterocycles. The maximum Gasteiger partial charge on any atom is 0.339 e. The van der Waals surface area contributed by atoms with Gasteiger partial charge in [0, 0.05) is 24.6 Å². The van der Waals surface area contributed by atoms with E-state index < -0.39 is 5.97 Å². The van der Waals surface area contributed by atoms with Crippen molar-refractivity contribution in [1.82, 2.24) is 4.98 Å². The summed E-state index contributed by atoms with van der Waals surface area (Å²) in [6.07, 6.45) is 1.40. The van der Waals surface area contributed by atoms with Crippen molar-refractivity contribution in [3.05, 3.63) is 53.3 Å². The van der Waals surface area contributed by atoms with Crippen LogP contribution in [0.1, 0.15) is 21.6 Å². The van der Waals surface area contributed by atoms with Gasteiger partial charge in [-0.05, 0) is 32.0 Å². The van der Waals surface area contributed by atoms with Gasteiger partial charge in [0.15, 0.2) is 0 Å². The Labute approximate surface area is 112 Å². The number of hydrogen-bond acceptors (Lipinski definition) is 3. The molecule has 2 aromatic rings. The standard InChI is InChI=1S/C15H16N2O2/c1-10-4-6-12(7-5-10)17(3)14-8-11(2)16-9-13(14)15(18)19/h4-9H,1-3H3,(H,18,19). The number of anilines is 2. The molecule has 0 saturated carbocycles. The van der Waals surface area contributed by atoms with Crippen molar-refractivity contribution in [3.63, 3.8) is 0 Å². The first-order valence-corrected chi connectivity index (χ1v) is 5.99. The van der Waals surface area contributed by atoms with E-state index in [1.165, 1.54) is 11.8 Å². The van der Waals surface area contributed by atoms with Crippen molar-refractivity contribution in [2.75, 3.05) is 11.9 Å². The highest BCUT2D eigenvalue weighted by atomic mass is 16.4. The molecular weight excluding hydrogens is 240 g/mol. The average Bonchev–Trinajstić information content (AvgIpc) is 2.38. The Balaban J connectivity index is 2.48. The lowest BCUT2D eigenvalue weighted by Crippen LogP contribution is -2.14. The number of rotatable bonds is 3. The number of aromatic carboxylic acids is 1. The van der Waals surface area contributed by atoms with Crippen LogP contribution in [0, 0.1) is 13.8 Å². The fourth-order valence-electron chi connectivity index (χ4n) is 1.90. The summed E-state index contributed by atoms with van der Waals surface area (Å²) in [6, 6.07) is 9.72. The van der Waals surface area contributed by atoms with Gasteiger partial charge in [0.2, 0.25) is 0 Å². The van der Waals surface area contributed by atoms with Crippen LogP contribution in [0.5, 0.6) is 0 Å². The smallest absolute Gasteiger partial charge is 0.339 e. The summed E-state index contributed by atoms with van der Waals surface area (Å²) in [5, 5.41) is 9.23. The number of hydrogen-bond donors (Lipinski definition) is 1. The molecule has 2 rings (SSSR count). The molecule has 0 bridgehead atoms. The Morgan fingerprint density at radius 2 is 1.84 bits per heavy atom. The largest absolute Gasteiger partial charge is 0.478 e. The number of benzene rings is 1. The monoisotopic (exact) mass is 256 g/mol. The van der Waals surface area contributed by atoms with Gasteiger partial charge >= 0.3 is 5.97 Å². The first-order valence-electron chi connectivity index (χ1n) is 5.99. The molecule has 0 fully saturated rings. The molecule has 0 spiro atoms. The van der Waals surface area contributed by atoms with Gasteiger partial charge in [-0.25, -0.2) is 4.79 Å². The van der Waals surface area contributed by atoms with Gasteiger partial charge in [0.1, 0.15) is 5.56 Å². The SMILES string of the molecule is Cc1ccc(N(C)c2cc(C)ncc2C(=O)O)cc1. The fraction of sp³-hybridized carbons (Fsp3) is 0.200. The summed E-state index contributed by atoms with van der Waals surface area (Å²) in [5.74, 6) is -0.971. The number of nitrogens with zero attached hydrogens (tertiary/aromatic N) is 2. The molecule has 1 N–H and O–H groups in total. The molecule has 0 saturated heterocycles. The van der Waals surface area contributed by atoms with E-state index in [-0.39, 0.29) is 5.56 Å². The number of carboxylic acid groups (broad SMARTS) is 1. The summed E-state index contributed by atoms with van der Waals surface area (Å²) in [5.41, 5.74) is 3.75. The topological polar surface area (TPSA) is 53.4 Å². The Bertz CT molecular complexity index is 606. The lowest BCUT2D eigenvalue weighted by atomic mass is 10.1. The van der Waals surface area contributed by atoms with E-state index in [0.29, 0.717) is 5.69 Å². The molecule has 1 aromatic carbocycles. The second-order valence-corrected chi connectivity index (χ2v) is 4.54. The minimum atomic E-state index is -0.971. The lowest BCUT2D eigenvalue weighted by Gasteiger charge is -2.21. The maximum atomic E-state index is 11.3. The minimum absolute atomic E-state index is 0.202. The van der Waals surface area contributed by atoms with Gasteiger partial charge in [0.05, 0.1) is 5.69 Å². The highest BCUT2D eigenvalue weighted by Gasteiger charge is 2.15. The number of aromatic nitrogens is 1. The summed E-state index contributed by atoms with van der Waals surface area (Å²) in [6.45, 7) is 3.86. The molecular formula is C15H16N2O2. The van der Waals surface area contributed by atoms with Crippen molar-refractivity contribution in [2.45, 2.75) is 13.8 Å². The molecule has 0 aliphatic rings. The highest BCUT2D eigenvalue weighted by molar-refractivity contribution is 5.95. The van der Waals surface area contributed by atoms with Gasteiger partial charge in [0.25, 0.3) is 0 Å². The van der Waals surface area contributed by atoms with Crippen molar-refractivity contribution in [3.8, 4) is 0 Å². The lowest BCUT2D eigenvalue weighted by molar-refractivity contribution is 0.0697. The summed E-state index contributed by atoms with van der Waals surface area (Å²) >= 11 is 0. The third-order valence-corrected chi connectivity index (χ3v) is 3.03. The van der Waals surface area contributed by atoms with E-state index in [0.717, 1.165) is 11.4 Å². The zero-order chi connectivity index (χ0) is 14.0. The normalized spacial score (nSPS) is 10.3. The zero-order valence-corrected chi connectivity index (χ0v) is 11.2. The molecule has 0 unspecified atom stereocenters. The van der Waals surface area contributed by atoms with Crippen molar-refractivity contribution in [2.24, 2.45) is 0 Å². The van der Waals surface area contributed by atoms with Gasteiger partial charge in [-0.3, -0.25) is 4.98 Å². The number of carboxylic acids is 1. The Morgan fingerprint density at radius 3 is 2.42 bits per heavy atom. The van der Waals surface area contributed by atoms with Gasteiger partial charge in [-0.15, -0.1) is 0 Å². The van der Waals surface area contributed by atoms with Crippen molar-refractivity contribution >= 4 is 17.3 Å². The van der Waals surface area contributed by atoms with Crippen LogP contribution >= 0.6 is 0 Å². The molecule has 0 atom stereocenters. The van der Waals surface area contributed by atoms with Crippen LogP contribution in [0.15, 0.2) is 36.5 Å². The van der Waals surface area contributed by atoms with Crippen LogP contribution in [0.3, 0.4) is 0 Å². The summed E-state index contributed by atoms with van der Waals surface area (Å²) < 4.78 is 0. The second-order valence-electron chi connectivity index (χ2n) is 4.54. The number of pyridine rings is 1. The van der Waals surface area contributed by atoms with E-state index in [1.807, 2.05) is 50.1 Å². The Kier molecular flexibility index (Phi) is 3.51. The quantitative estimate of drug-likeness (QED) is 0.916. The zero-order valence-electron chi connectivity index (χ0n) is 11.2. The molecule has 0 aliphatic carbocycles. The molecule has 98 valence electrons. The van der Waals surface area contributed by atoms with Gasteiger partial charge in [-0.2, -0.15) is 0 Å². The van der Waals surface area contributed by atoms with Crippen LogP contribution in [-0.4, -0.2) is 23.1 Å². The van der Waals surface area contributed by atoms with Gasteiger partial charge < -0.3 is 10.0 Å². The van der Waals surface area contributed by atoms with E-state index >= 15 is 0 Å². The van der Waals surface area contributed by atoms with Crippen LogP contribution in [-0.2, 0) is 0 Å². The van der Waals surface area contributed by atoms with Crippen molar-refractivity contribution < 1.29 is 9.90 Å². The summed E-state index contributed by atoms with van der Waals surface area (Å²) in [4.78, 5) is 17.2. The van der Waals surface area contributed by atoms with E-state index in [9.17, 15) is 9.90 Å².